The van der Waals surface area contributed by atoms with Crippen LogP contribution in [0.15, 0.2) is 48.5 Å². The predicted octanol–water partition coefficient (Wildman–Crippen LogP) is 4.61. The third-order valence-electron chi connectivity index (χ3n) is 6.72. The summed E-state index contributed by atoms with van der Waals surface area (Å²) in [5, 5.41) is 16.0. The Morgan fingerprint density at radius 3 is 2.17 bits per heavy atom. The number of non-ortho nitro benzene ring substituents is 1. The summed E-state index contributed by atoms with van der Waals surface area (Å²) in [6.45, 7) is 7.69. The van der Waals surface area contributed by atoms with Crippen molar-refractivity contribution in [3.05, 3.63) is 69.8 Å². The van der Waals surface area contributed by atoms with Gasteiger partial charge in [0.1, 0.15) is 19.0 Å². The molecule has 4 N–H and O–H groups in total. The summed E-state index contributed by atoms with van der Waals surface area (Å²) < 4.78 is 15.2. The summed E-state index contributed by atoms with van der Waals surface area (Å²) in [5.41, 5.74) is 6.20. The minimum Gasteiger partial charge on any atom is -0.465 e. The lowest BCUT2D eigenvalue weighted by molar-refractivity contribution is -0.384. The average Bonchev–Trinajstić information content (AvgIpc) is 3.05. The standard InChI is InChI=1S/C32H38N4O10.C2H6/c1-4-5-17-44-29(38)19-26(21(2)3)30(39)35-27(7-6-16-34-31(33)40)28(37)18-22-8-10-23(11-9-22)20-45-32(41)46-25-14-12-24(13-15-25)36(42)43;1-2/h1,8-15,21,26-27H,5-7,16-20H2,2-3H3,(H,35,39)(H3,33,34,40);1-2H3/t26-,27-;/m0./s1. The van der Waals surface area contributed by atoms with E-state index in [1.54, 1.807) is 38.1 Å². The summed E-state index contributed by atoms with van der Waals surface area (Å²) in [6.07, 6.45) is 4.79. The molecule has 0 saturated carbocycles. The topological polar surface area (TPSA) is 206 Å². The second kappa shape index (κ2) is 22.1. The second-order valence-electron chi connectivity index (χ2n) is 10.6. The van der Waals surface area contributed by atoms with Crippen molar-refractivity contribution in [2.75, 3.05) is 13.2 Å². The third kappa shape index (κ3) is 15.7. The molecule has 0 spiro atoms. The number of ether oxygens (including phenoxy) is 3. The van der Waals surface area contributed by atoms with Crippen molar-refractivity contribution in [3.63, 3.8) is 0 Å². The van der Waals surface area contributed by atoms with Crippen molar-refractivity contribution in [2.24, 2.45) is 17.6 Å². The molecule has 0 aliphatic heterocycles. The number of ketones is 1. The lowest BCUT2D eigenvalue weighted by atomic mass is 9.90. The molecular formula is C34H44N4O10. The van der Waals surface area contributed by atoms with E-state index in [1.165, 1.54) is 24.3 Å². The van der Waals surface area contributed by atoms with E-state index in [4.69, 9.17) is 26.4 Å². The van der Waals surface area contributed by atoms with E-state index in [9.17, 15) is 34.1 Å². The van der Waals surface area contributed by atoms with Gasteiger partial charge >= 0.3 is 18.2 Å². The van der Waals surface area contributed by atoms with Crippen LogP contribution in [0.2, 0.25) is 0 Å². The van der Waals surface area contributed by atoms with Crippen LogP contribution in [0.3, 0.4) is 0 Å². The molecule has 0 radical (unpaired) electrons. The molecule has 2 aromatic rings. The number of Topliss-reactive ketones (excluding diaryl/α,β-unsaturated/α-hetero) is 1. The van der Waals surface area contributed by atoms with Gasteiger partial charge in [0.2, 0.25) is 5.91 Å². The number of hydrogen-bond acceptors (Lipinski definition) is 10. The lowest BCUT2D eigenvalue weighted by Crippen LogP contribution is -2.46. The summed E-state index contributed by atoms with van der Waals surface area (Å²) in [5.74, 6) is 0.142. The fourth-order valence-corrected chi connectivity index (χ4v) is 4.19. The van der Waals surface area contributed by atoms with E-state index < -0.39 is 40.9 Å². The zero-order valence-corrected chi connectivity index (χ0v) is 27.7. The number of nitrogens with zero attached hydrogens (tertiary/aromatic N) is 1. The highest BCUT2D eigenvalue weighted by Crippen LogP contribution is 2.19. The molecule has 0 aliphatic carbocycles. The summed E-state index contributed by atoms with van der Waals surface area (Å²) >= 11 is 0. The van der Waals surface area contributed by atoms with Crippen LogP contribution in [0.25, 0.3) is 0 Å². The first-order chi connectivity index (χ1) is 22.9. The van der Waals surface area contributed by atoms with Gasteiger partial charge in [-0.3, -0.25) is 24.5 Å². The minimum absolute atomic E-state index is 0.0298. The van der Waals surface area contributed by atoms with E-state index >= 15 is 0 Å². The first-order valence-electron chi connectivity index (χ1n) is 15.5. The van der Waals surface area contributed by atoms with Gasteiger partial charge in [-0.25, -0.2) is 9.59 Å². The van der Waals surface area contributed by atoms with Crippen LogP contribution in [0.1, 0.15) is 64.5 Å². The number of benzene rings is 2. The van der Waals surface area contributed by atoms with Crippen molar-refractivity contribution in [1.82, 2.24) is 10.6 Å². The molecule has 0 saturated heterocycles. The smallest absolute Gasteiger partial charge is 0.465 e. The third-order valence-corrected chi connectivity index (χ3v) is 6.72. The van der Waals surface area contributed by atoms with Crippen LogP contribution in [-0.4, -0.2) is 54.0 Å². The highest BCUT2D eigenvalue weighted by Gasteiger charge is 2.29. The maximum absolute atomic E-state index is 13.3. The van der Waals surface area contributed by atoms with Gasteiger partial charge in [0.25, 0.3) is 5.69 Å². The number of esters is 1. The Hall–Kier alpha value is -5.45. The highest BCUT2D eigenvalue weighted by atomic mass is 16.7. The number of terminal acetylenes is 1. The van der Waals surface area contributed by atoms with Crippen molar-refractivity contribution in [1.29, 1.82) is 0 Å². The Morgan fingerprint density at radius 1 is 0.979 bits per heavy atom. The summed E-state index contributed by atoms with van der Waals surface area (Å²) in [6, 6.07) is 9.99. The monoisotopic (exact) mass is 668 g/mol. The van der Waals surface area contributed by atoms with Crippen LogP contribution in [0.4, 0.5) is 15.3 Å². The first kappa shape index (κ1) is 40.6. The summed E-state index contributed by atoms with van der Waals surface area (Å²) in [4.78, 5) is 72.0. The molecule has 260 valence electrons. The number of nitrogens with one attached hydrogen (secondary N) is 2. The molecule has 3 amide bonds. The molecule has 14 nitrogen and oxygen atoms in total. The van der Waals surface area contributed by atoms with Crippen molar-refractivity contribution >= 4 is 35.5 Å². The van der Waals surface area contributed by atoms with Crippen LogP contribution < -0.4 is 21.1 Å². The van der Waals surface area contributed by atoms with E-state index in [2.05, 4.69) is 16.6 Å². The van der Waals surface area contributed by atoms with Gasteiger partial charge in [0, 0.05) is 31.5 Å². The van der Waals surface area contributed by atoms with Gasteiger partial charge in [-0.1, -0.05) is 52.0 Å². The Morgan fingerprint density at radius 2 is 1.60 bits per heavy atom. The fraction of sp³-hybridized carbons (Fsp3) is 0.441. The number of nitro benzene ring substituents is 1. The Balaban J connectivity index is 0.00000565. The number of nitro groups is 1. The molecule has 48 heavy (non-hydrogen) atoms. The van der Waals surface area contributed by atoms with Gasteiger partial charge in [-0.05, 0) is 42.0 Å². The highest BCUT2D eigenvalue weighted by molar-refractivity contribution is 5.92. The quantitative estimate of drug-likeness (QED) is 0.0502. The molecule has 2 aromatic carbocycles. The molecule has 2 rings (SSSR count). The van der Waals surface area contributed by atoms with Crippen LogP contribution >= 0.6 is 0 Å². The molecule has 2 atom stereocenters. The molecule has 0 unspecified atom stereocenters. The predicted molar refractivity (Wildman–Crippen MR) is 177 cm³/mol. The SMILES string of the molecule is C#CCCOC(=O)C[C@H](C(=O)N[C@@H](CCCNC(N)=O)C(=O)Cc1ccc(COC(=O)Oc2ccc([N+](=O)[O-])cc2)cc1)C(C)C.CC. The average molecular weight is 669 g/mol. The van der Waals surface area contributed by atoms with Gasteiger partial charge < -0.3 is 30.6 Å². The van der Waals surface area contributed by atoms with E-state index in [0.717, 1.165) is 0 Å². The maximum Gasteiger partial charge on any atom is 0.514 e. The Kier molecular flexibility index (Phi) is 18.7. The van der Waals surface area contributed by atoms with Crippen LogP contribution in [0, 0.1) is 34.3 Å². The van der Waals surface area contributed by atoms with E-state index in [1.807, 2.05) is 13.8 Å². The minimum atomic E-state index is -1.00. The largest absolute Gasteiger partial charge is 0.514 e. The molecule has 0 bridgehead atoms. The zero-order chi connectivity index (χ0) is 36.1. The van der Waals surface area contributed by atoms with Gasteiger partial charge in [-0.2, -0.15) is 0 Å². The maximum atomic E-state index is 13.3. The first-order valence-corrected chi connectivity index (χ1v) is 15.5. The molecule has 0 aliphatic rings. The number of amides is 3. The molecular weight excluding hydrogens is 624 g/mol. The fourth-order valence-electron chi connectivity index (χ4n) is 4.19. The molecule has 0 aromatic heterocycles. The molecule has 0 heterocycles. The molecule has 14 heteroatoms. The van der Waals surface area contributed by atoms with E-state index in [-0.39, 0.29) is 68.6 Å². The number of carbonyl (C=O) groups is 5. The number of hydrogen-bond donors (Lipinski definition) is 3. The van der Waals surface area contributed by atoms with Gasteiger partial charge in [-0.15, -0.1) is 12.3 Å². The normalized spacial score (nSPS) is 11.4. The summed E-state index contributed by atoms with van der Waals surface area (Å²) in [7, 11) is 0. The number of nitrogens with two attached hydrogens (primary N) is 1. The van der Waals surface area contributed by atoms with Crippen LogP contribution in [0.5, 0.6) is 5.75 Å². The number of carbonyl (C=O) groups excluding carboxylic acids is 5. The number of rotatable bonds is 18. The number of urea groups is 1. The van der Waals surface area contributed by atoms with Crippen LogP contribution in [-0.2, 0) is 36.9 Å². The van der Waals surface area contributed by atoms with E-state index in [0.29, 0.717) is 17.5 Å². The zero-order valence-electron chi connectivity index (χ0n) is 27.7. The molecule has 0 fully saturated rings. The number of primary amides is 1. The van der Waals surface area contributed by atoms with Crippen molar-refractivity contribution in [3.8, 4) is 18.1 Å². The Labute approximate surface area is 280 Å². The Bertz CT molecular complexity index is 1400. The lowest BCUT2D eigenvalue weighted by Gasteiger charge is -2.24. The van der Waals surface area contributed by atoms with Gasteiger partial charge in [0.05, 0.1) is 23.3 Å². The van der Waals surface area contributed by atoms with Gasteiger partial charge in [0.15, 0.2) is 5.78 Å². The van der Waals surface area contributed by atoms with Crippen molar-refractivity contribution < 1.29 is 43.1 Å². The van der Waals surface area contributed by atoms with Crippen molar-refractivity contribution in [2.45, 2.75) is 72.4 Å². The second-order valence-corrected chi connectivity index (χ2v) is 10.6.